The lowest BCUT2D eigenvalue weighted by atomic mass is 10.2. The molecule has 0 unspecified atom stereocenters. The van der Waals surface area contributed by atoms with Crippen molar-refractivity contribution < 1.29 is 9.32 Å². The molecule has 0 spiro atoms. The van der Waals surface area contributed by atoms with Crippen LogP contribution in [0.1, 0.15) is 27.5 Å². The number of aryl methyl sites for hydroxylation is 3. The first kappa shape index (κ1) is 16.6. The van der Waals surface area contributed by atoms with Crippen molar-refractivity contribution in [3.8, 4) is 5.82 Å². The molecule has 9 heteroatoms. The van der Waals surface area contributed by atoms with E-state index in [1.807, 2.05) is 32.0 Å². The van der Waals surface area contributed by atoms with Gasteiger partial charge in [-0.15, -0.1) is 10.2 Å². The van der Waals surface area contributed by atoms with Gasteiger partial charge < -0.3 is 15.2 Å². The Labute approximate surface area is 144 Å². The Hall–Kier alpha value is -3.23. The SMILES string of the molecule is Cc1cc(C)n(-c2ccc(NCCNC(=O)c3cnoc3C)nn2)n1. The molecule has 0 radical (unpaired) electrons. The summed E-state index contributed by atoms with van der Waals surface area (Å²) in [5, 5.41) is 22.1. The second kappa shape index (κ2) is 7.12. The molecule has 0 saturated heterocycles. The molecule has 0 fully saturated rings. The van der Waals surface area contributed by atoms with Crippen LogP contribution in [0.25, 0.3) is 5.82 Å². The van der Waals surface area contributed by atoms with Gasteiger partial charge in [-0.05, 0) is 39.0 Å². The minimum atomic E-state index is -0.216. The fraction of sp³-hybridized carbons (Fsp3) is 0.312. The van der Waals surface area contributed by atoms with Crippen LogP contribution in [0.4, 0.5) is 5.82 Å². The molecule has 3 rings (SSSR count). The molecule has 0 aliphatic carbocycles. The summed E-state index contributed by atoms with van der Waals surface area (Å²) in [4.78, 5) is 11.9. The molecule has 3 heterocycles. The highest BCUT2D eigenvalue weighted by Crippen LogP contribution is 2.10. The van der Waals surface area contributed by atoms with Crippen LogP contribution in [0.5, 0.6) is 0 Å². The van der Waals surface area contributed by atoms with E-state index in [1.165, 1.54) is 6.20 Å². The van der Waals surface area contributed by atoms with Crippen molar-refractivity contribution in [3.63, 3.8) is 0 Å². The monoisotopic (exact) mass is 341 g/mol. The van der Waals surface area contributed by atoms with Gasteiger partial charge in [0.2, 0.25) is 0 Å². The largest absolute Gasteiger partial charge is 0.367 e. The standard InChI is InChI=1S/C16H19N7O2/c1-10-8-11(2)23(22-10)15-5-4-14(20-21-15)17-6-7-18-16(24)13-9-19-25-12(13)3/h4-5,8-9H,6-7H2,1-3H3,(H,17,20)(H,18,24). The Bertz CT molecular complexity index is 867. The van der Waals surface area contributed by atoms with Crippen molar-refractivity contribution in [1.82, 2.24) is 30.5 Å². The number of nitrogens with zero attached hydrogens (tertiary/aromatic N) is 5. The van der Waals surface area contributed by atoms with Crippen LogP contribution in [0.15, 0.2) is 28.9 Å². The lowest BCUT2D eigenvalue weighted by Gasteiger charge is -2.07. The van der Waals surface area contributed by atoms with Crippen LogP contribution in [0.3, 0.4) is 0 Å². The van der Waals surface area contributed by atoms with Crippen LogP contribution in [-0.4, -0.2) is 44.1 Å². The second-order valence-corrected chi connectivity index (χ2v) is 5.59. The molecule has 3 aromatic heterocycles. The highest BCUT2D eigenvalue weighted by Gasteiger charge is 2.11. The summed E-state index contributed by atoms with van der Waals surface area (Å²) < 4.78 is 6.61. The third kappa shape index (κ3) is 3.82. The van der Waals surface area contributed by atoms with Gasteiger partial charge in [-0.1, -0.05) is 5.16 Å². The minimum absolute atomic E-state index is 0.216. The summed E-state index contributed by atoms with van der Waals surface area (Å²) in [6.45, 7) is 6.55. The van der Waals surface area contributed by atoms with E-state index in [0.717, 1.165) is 11.4 Å². The molecule has 0 atom stereocenters. The molecule has 1 amide bonds. The maximum atomic E-state index is 11.9. The summed E-state index contributed by atoms with van der Waals surface area (Å²) >= 11 is 0. The minimum Gasteiger partial charge on any atom is -0.367 e. The molecule has 25 heavy (non-hydrogen) atoms. The molecular weight excluding hydrogens is 322 g/mol. The van der Waals surface area contributed by atoms with Gasteiger partial charge in [0.15, 0.2) is 5.82 Å². The summed E-state index contributed by atoms with van der Waals surface area (Å²) in [6, 6.07) is 5.65. The first-order valence-corrected chi connectivity index (χ1v) is 7.85. The summed E-state index contributed by atoms with van der Waals surface area (Å²) in [5.41, 5.74) is 2.37. The molecule has 9 nitrogen and oxygen atoms in total. The first-order chi connectivity index (χ1) is 12.0. The number of amides is 1. The number of aromatic nitrogens is 5. The van der Waals surface area contributed by atoms with Crippen LogP contribution >= 0.6 is 0 Å². The Kier molecular flexibility index (Phi) is 4.73. The fourth-order valence-electron chi connectivity index (χ4n) is 2.37. The van der Waals surface area contributed by atoms with Gasteiger partial charge in [-0.3, -0.25) is 4.79 Å². The number of hydrogen-bond donors (Lipinski definition) is 2. The average molecular weight is 341 g/mol. The van der Waals surface area contributed by atoms with Crippen molar-refractivity contribution in [3.05, 3.63) is 47.1 Å². The zero-order chi connectivity index (χ0) is 17.8. The number of nitrogens with one attached hydrogen (secondary N) is 2. The molecule has 0 aliphatic heterocycles. The van der Waals surface area contributed by atoms with Gasteiger partial charge in [0.05, 0.1) is 11.9 Å². The second-order valence-electron chi connectivity index (χ2n) is 5.59. The smallest absolute Gasteiger partial charge is 0.256 e. The lowest BCUT2D eigenvalue weighted by Crippen LogP contribution is -2.29. The predicted molar refractivity (Wildman–Crippen MR) is 90.7 cm³/mol. The quantitative estimate of drug-likeness (QED) is 0.652. The van der Waals surface area contributed by atoms with Gasteiger partial charge in [0.25, 0.3) is 5.91 Å². The highest BCUT2D eigenvalue weighted by atomic mass is 16.5. The summed E-state index contributed by atoms with van der Waals surface area (Å²) in [5.74, 6) is 1.57. The van der Waals surface area contributed by atoms with E-state index in [-0.39, 0.29) is 5.91 Å². The molecule has 3 aromatic rings. The van der Waals surface area contributed by atoms with Gasteiger partial charge in [-0.25, -0.2) is 4.68 Å². The maximum absolute atomic E-state index is 11.9. The Balaban J connectivity index is 1.50. The number of carbonyl (C=O) groups is 1. The molecule has 0 bridgehead atoms. The third-order valence-corrected chi connectivity index (χ3v) is 3.59. The third-order valence-electron chi connectivity index (χ3n) is 3.59. The van der Waals surface area contributed by atoms with Gasteiger partial charge in [0.1, 0.15) is 17.1 Å². The van der Waals surface area contributed by atoms with Crippen molar-refractivity contribution in [2.24, 2.45) is 0 Å². The van der Waals surface area contributed by atoms with E-state index in [2.05, 4.69) is 31.1 Å². The van der Waals surface area contributed by atoms with Crippen molar-refractivity contribution >= 4 is 11.7 Å². The van der Waals surface area contributed by atoms with E-state index in [0.29, 0.717) is 36.0 Å². The summed E-state index contributed by atoms with van der Waals surface area (Å²) in [7, 11) is 0. The van der Waals surface area contributed by atoms with Crippen molar-refractivity contribution in [2.45, 2.75) is 20.8 Å². The van der Waals surface area contributed by atoms with Crippen LogP contribution in [0, 0.1) is 20.8 Å². The van der Waals surface area contributed by atoms with E-state index in [1.54, 1.807) is 11.6 Å². The summed E-state index contributed by atoms with van der Waals surface area (Å²) in [6.07, 6.45) is 1.40. The molecular formula is C16H19N7O2. The topological polar surface area (TPSA) is 111 Å². The molecule has 2 N–H and O–H groups in total. The molecule has 0 aliphatic rings. The fourth-order valence-corrected chi connectivity index (χ4v) is 2.37. The van der Waals surface area contributed by atoms with Gasteiger partial charge >= 0.3 is 0 Å². The molecule has 130 valence electrons. The molecule has 0 saturated carbocycles. The van der Waals surface area contributed by atoms with E-state index in [9.17, 15) is 4.79 Å². The van der Waals surface area contributed by atoms with E-state index >= 15 is 0 Å². The Morgan fingerprint density at radius 1 is 1.20 bits per heavy atom. The van der Waals surface area contributed by atoms with Crippen molar-refractivity contribution in [1.29, 1.82) is 0 Å². The zero-order valence-corrected chi connectivity index (χ0v) is 14.3. The van der Waals surface area contributed by atoms with Crippen LogP contribution < -0.4 is 10.6 Å². The highest BCUT2D eigenvalue weighted by molar-refractivity contribution is 5.94. The van der Waals surface area contributed by atoms with Crippen molar-refractivity contribution in [2.75, 3.05) is 18.4 Å². The van der Waals surface area contributed by atoms with Gasteiger partial charge in [0, 0.05) is 18.8 Å². The predicted octanol–water partition coefficient (Wildman–Crippen LogP) is 1.42. The Morgan fingerprint density at radius 2 is 2.04 bits per heavy atom. The normalized spacial score (nSPS) is 10.7. The molecule has 0 aromatic carbocycles. The Morgan fingerprint density at radius 3 is 2.64 bits per heavy atom. The van der Waals surface area contributed by atoms with Gasteiger partial charge in [-0.2, -0.15) is 5.10 Å². The number of hydrogen-bond acceptors (Lipinski definition) is 7. The zero-order valence-electron chi connectivity index (χ0n) is 14.3. The lowest BCUT2D eigenvalue weighted by molar-refractivity contribution is 0.0953. The van der Waals surface area contributed by atoms with Crippen LogP contribution in [0.2, 0.25) is 0 Å². The number of rotatable bonds is 6. The number of anilines is 1. The number of carbonyl (C=O) groups excluding carboxylic acids is 1. The first-order valence-electron chi connectivity index (χ1n) is 7.85. The van der Waals surface area contributed by atoms with E-state index < -0.39 is 0 Å². The van der Waals surface area contributed by atoms with Crippen LogP contribution in [-0.2, 0) is 0 Å². The average Bonchev–Trinajstić information content (AvgIpc) is 3.17. The maximum Gasteiger partial charge on any atom is 0.256 e. The van der Waals surface area contributed by atoms with E-state index in [4.69, 9.17) is 4.52 Å².